The molecule has 0 unspecified atom stereocenters. The van der Waals surface area contributed by atoms with Crippen LogP contribution in [0.5, 0.6) is 0 Å². The molecule has 1 aromatic carbocycles. The minimum Gasteiger partial charge on any atom is -0.346 e. The highest BCUT2D eigenvalue weighted by Crippen LogP contribution is 2.25. The number of rotatable bonds is 7. The lowest BCUT2D eigenvalue weighted by Gasteiger charge is -2.29. The molecule has 0 spiro atoms. The van der Waals surface area contributed by atoms with Crippen LogP contribution in [0, 0.1) is 12.8 Å². The summed E-state index contributed by atoms with van der Waals surface area (Å²) >= 11 is 0. The molecule has 3 rings (SSSR count). The Labute approximate surface area is 147 Å². The molecule has 2 nitrogen and oxygen atoms in total. The maximum atomic E-state index is 2.64. The fourth-order valence-corrected chi connectivity index (χ4v) is 4.02. The summed E-state index contributed by atoms with van der Waals surface area (Å²) in [5.74, 6) is 0.916. The topological polar surface area (TPSA) is 8.17 Å². The van der Waals surface area contributed by atoms with E-state index in [4.69, 9.17) is 0 Å². The van der Waals surface area contributed by atoms with Crippen molar-refractivity contribution >= 4 is 0 Å². The van der Waals surface area contributed by atoms with Crippen molar-refractivity contribution < 1.29 is 0 Å². The van der Waals surface area contributed by atoms with Gasteiger partial charge in [0.05, 0.1) is 0 Å². The van der Waals surface area contributed by atoms with Crippen LogP contribution in [-0.4, -0.2) is 22.6 Å². The average Bonchev–Trinajstić information content (AvgIpc) is 3.02. The SMILES string of the molecule is CCN(Cc1cccn1Cc1cccc(C)c1)CC1CCCCC1. The van der Waals surface area contributed by atoms with Gasteiger partial charge in [-0.1, -0.05) is 56.0 Å². The third kappa shape index (κ3) is 4.73. The third-order valence-electron chi connectivity index (χ3n) is 5.43. The van der Waals surface area contributed by atoms with E-state index in [1.54, 1.807) is 0 Å². The summed E-state index contributed by atoms with van der Waals surface area (Å²) in [5.41, 5.74) is 4.17. The lowest BCUT2D eigenvalue weighted by atomic mass is 9.89. The van der Waals surface area contributed by atoms with Crippen LogP contribution in [0.2, 0.25) is 0 Å². The first-order chi connectivity index (χ1) is 11.7. The minimum atomic E-state index is 0.916. The molecule has 0 atom stereocenters. The highest BCUT2D eigenvalue weighted by Gasteiger charge is 2.17. The van der Waals surface area contributed by atoms with Crippen molar-refractivity contribution in [2.45, 2.75) is 59.0 Å². The van der Waals surface area contributed by atoms with Gasteiger partial charge in [0.1, 0.15) is 0 Å². The molecule has 1 aliphatic rings. The van der Waals surface area contributed by atoms with Gasteiger partial charge in [-0.05, 0) is 49.9 Å². The Hall–Kier alpha value is -1.54. The molecule has 0 saturated heterocycles. The van der Waals surface area contributed by atoms with Crippen LogP contribution in [0.4, 0.5) is 0 Å². The Morgan fingerprint density at radius 1 is 1.08 bits per heavy atom. The second-order valence-electron chi connectivity index (χ2n) is 7.45. The molecule has 1 heterocycles. The quantitative estimate of drug-likeness (QED) is 0.675. The number of nitrogens with zero attached hydrogens (tertiary/aromatic N) is 2. The lowest BCUT2D eigenvalue weighted by Crippen LogP contribution is -2.31. The molecule has 1 aromatic heterocycles. The van der Waals surface area contributed by atoms with Crippen molar-refractivity contribution in [1.29, 1.82) is 0 Å². The maximum Gasteiger partial charge on any atom is 0.0473 e. The molecular formula is C22H32N2. The van der Waals surface area contributed by atoms with E-state index in [0.29, 0.717) is 0 Å². The monoisotopic (exact) mass is 324 g/mol. The van der Waals surface area contributed by atoms with Gasteiger partial charge in [0.15, 0.2) is 0 Å². The first kappa shape index (κ1) is 17.3. The number of hydrogen-bond donors (Lipinski definition) is 0. The fraction of sp³-hybridized carbons (Fsp3) is 0.545. The van der Waals surface area contributed by atoms with Crippen molar-refractivity contribution in [3.05, 3.63) is 59.4 Å². The highest BCUT2D eigenvalue weighted by molar-refractivity contribution is 5.23. The first-order valence-corrected chi connectivity index (χ1v) is 9.66. The van der Waals surface area contributed by atoms with E-state index in [1.165, 1.54) is 55.5 Å². The van der Waals surface area contributed by atoms with E-state index in [1.807, 2.05) is 0 Å². The van der Waals surface area contributed by atoms with Gasteiger partial charge in [-0.3, -0.25) is 4.90 Å². The largest absolute Gasteiger partial charge is 0.346 e. The van der Waals surface area contributed by atoms with E-state index in [2.05, 4.69) is 65.9 Å². The summed E-state index contributed by atoms with van der Waals surface area (Å²) in [6.45, 7) is 8.94. The van der Waals surface area contributed by atoms with Crippen molar-refractivity contribution in [3.63, 3.8) is 0 Å². The van der Waals surface area contributed by atoms with Gasteiger partial charge >= 0.3 is 0 Å². The van der Waals surface area contributed by atoms with Crippen LogP contribution in [0.1, 0.15) is 55.8 Å². The fourth-order valence-electron chi connectivity index (χ4n) is 4.02. The molecule has 24 heavy (non-hydrogen) atoms. The minimum absolute atomic E-state index is 0.916. The normalized spacial score (nSPS) is 16.0. The van der Waals surface area contributed by atoms with Gasteiger partial charge in [-0.25, -0.2) is 0 Å². The van der Waals surface area contributed by atoms with Crippen LogP contribution in [0.3, 0.4) is 0 Å². The Kier molecular flexibility index (Phi) is 6.14. The molecule has 0 radical (unpaired) electrons. The van der Waals surface area contributed by atoms with Crippen LogP contribution in [-0.2, 0) is 13.1 Å². The van der Waals surface area contributed by atoms with Crippen LogP contribution >= 0.6 is 0 Å². The molecule has 2 aromatic rings. The zero-order valence-electron chi connectivity index (χ0n) is 15.4. The van der Waals surface area contributed by atoms with E-state index in [-0.39, 0.29) is 0 Å². The van der Waals surface area contributed by atoms with Crippen LogP contribution < -0.4 is 0 Å². The molecule has 1 fully saturated rings. The molecule has 0 bridgehead atoms. The van der Waals surface area contributed by atoms with Gasteiger partial charge in [-0.2, -0.15) is 0 Å². The Morgan fingerprint density at radius 3 is 2.67 bits per heavy atom. The summed E-state index contributed by atoms with van der Waals surface area (Å²) in [5, 5.41) is 0. The van der Waals surface area contributed by atoms with Gasteiger partial charge in [0.25, 0.3) is 0 Å². The number of aromatic nitrogens is 1. The van der Waals surface area contributed by atoms with Crippen molar-refractivity contribution in [1.82, 2.24) is 9.47 Å². The summed E-state index contributed by atoms with van der Waals surface area (Å²) in [4.78, 5) is 2.64. The second-order valence-corrected chi connectivity index (χ2v) is 7.45. The second kappa shape index (κ2) is 8.53. The highest BCUT2D eigenvalue weighted by atomic mass is 15.1. The van der Waals surface area contributed by atoms with Crippen LogP contribution in [0.15, 0.2) is 42.6 Å². The van der Waals surface area contributed by atoms with Gasteiger partial charge in [0.2, 0.25) is 0 Å². The summed E-state index contributed by atoms with van der Waals surface area (Å²) in [7, 11) is 0. The molecule has 1 aliphatic carbocycles. The predicted octanol–water partition coefficient (Wildman–Crippen LogP) is 5.25. The molecular weight excluding hydrogens is 292 g/mol. The summed E-state index contributed by atoms with van der Waals surface area (Å²) < 4.78 is 2.41. The smallest absolute Gasteiger partial charge is 0.0473 e. The van der Waals surface area contributed by atoms with Crippen molar-refractivity contribution in [3.8, 4) is 0 Å². The molecule has 2 heteroatoms. The Morgan fingerprint density at radius 2 is 1.92 bits per heavy atom. The van der Waals surface area contributed by atoms with Gasteiger partial charge in [-0.15, -0.1) is 0 Å². The lowest BCUT2D eigenvalue weighted by molar-refractivity contribution is 0.198. The molecule has 130 valence electrons. The molecule has 1 saturated carbocycles. The van der Waals surface area contributed by atoms with Gasteiger partial charge in [0, 0.05) is 31.5 Å². The van der Waals surface area contributed by atoms with Crippen LogP contribution in [0.25, 0.3) is 0 Å². The predicted molar refractivity (Wildman–Crippen MR) is 102 cm³/mol. The first-order valence-electron chi connectivity index (χ1n) is 9.66. The number of hydrogen-bond acceptors (Lipinski definition) is 1. The molecule has 0 amide bonds. The van der Waals surface area contributed by atoms with E-state index < -0.39 is 0 Å². The zero-order chi connectivity index (χ0) is 16.8. The van der Waals surface area contributed by atoms with Crippen molar-refractivity contribution in [2.24, 2.45) is 5.92 Å². The molecule has 0 aliphatic heterocycles. The number of aryl methyl sites for hydroxylation is 1. The van der Waals surface area contributed by atoms with E-state index in [9.17, 15) is 0 Å². The van der Waals surface area contributed by atoms with Crippen molar-refractivity contribution in [2.75, 3.05) is 13.1 Å². The molecule has 0 N–H and O–H groups in total. The summed E-state index contributed by atoms with van der Waals surface area (Å²) in [6, 6.07) is 13.3. The third-order valence-corrected chi connectivity index (χ3v) is 5.43. The maximum absolute atomic E-state index is 2.64. The van der Waals surface area contributed by atoms with E-state index in [0.717, 1.165) is 25.6 Å². The van der Waals surface area contributed by atoms with E-state index >= 15 is 0 Å². The zero-order valence-corrected chi connectivity index (χ0v) is 15.4. The standard InChI is InChI=1S/C22H32N2/c1-3-23(16-20-10-5-4-6-11-20)18-22-13-8-14-24(22)17-21-12-7-9-19(2)15-21/h7-9,12-15,20H,3-6,10-11,16-18H2,1-2H3. The Bertz CT molecular complexity index is 622. The number of benzene rings is 1. The average molecular weight is 325 g/mol. The Balaban J connectivity index is 1.63. The van der Waals surface area contributed by atoms with Gasteiger partial charge < -0.3 is 4.57 Å². The summed E-state index contributed by atoms with van der Waals surface area (Å²) in [6.07, 6.45) is 9.41.